The van der Waals surface area contributed by atoms with Crippen molar-refractivity contribution in [2.75, 3.05) is 0 Å². The van der Waals surface area contributed by atoms with E-state index in [9.17, 15) is 14.7 Å². The molecule has 1 aliphatic heterocycles. The Kier molecular flexibility index (Phi) is 3.38. The van der Waals surface area contributed by atoms with Gasteiger partial charge in [-0.15, -0.1) is 0 Å². The van der Waals surface area contributed by atoms with Gasteiger partial charge in [-0.3, -0.25) is 14.3 Å². The number of aryl methyl sites for hydroxylation is 1. The van der Waals surface area contributed by atoms with E-state index < -0.39 is 29.7 Å². The van der Waals surface area contributed by atoms with E-state index in [4.69, 9.17) is 10.00 Å². The number of ether oxygens (including phenoxy) is 1. The van der Waals surface area contributed by atoms with Gasteiger partial charge in [0.25, 0.3) is 5.56 Å². The molecule has 2 heterocycles. The number of aliphatic hydroxyl groups excluding tert-OH is 1. The standard InChI is InChI=1S/C12H13N3O4/c1-6(4-13)10-8(16)3-9(19-10)15-5-7(2)11(17)14-12(15)18/h5,8-10,16H,1,3H2,2H3,(H,14,17,18)/t8-,9+,10+/m0/s1. The summed E-state index contributed by atoms with van der Waals surface area (Å²) in [5.74, 6) is 0. The van der Waals surface area contributed by atoms with E-state index in [2.05, 4.69) is 11.6 Å². The Morgan fingerprint density at radius 2 is 2.37 bits per heavy atom. The van der Waals surface area contributed by atoms with Crippen molar-refractivity contribution in [2.45, 2.75) is 31.8 Å². The van der Waals surface area contributed by atoms with Gasteiger partial charge in [-0.05, 0) is 6.92 Å². The van der Waals surface area contributed by atoms with Gasteiger partial charge in [0.05, 0.1) is 17.7 Å². The van der Waals surface area contributed by atoms with Gasteiger partial charge in [-0.2, -0.15) is 5.26 Å². The lowest BCUT2D eigenvalue weighted by atomic mass is 10.1. The summed E-state index contributed by atoms with van der Waals surface area (Å²) in [6.07, 6.45) is -0.939. The van der Waals surface area contributed by atoms with E-state index in [-0.39, 0.29) is 12.0 Å². The van der Waals surface area contributed by atoms with Crippen LogP contribution in [0.4, 0.5) is 0 Å². The van der Waals surface area contributed by atoms with Gasteiger partial charge in [0.2, 0.25) is 0 Å². The molecule has 1 aromatic rings. The number of nitriles is 1. The molecule has 7 nitrogen and oxygen atoms in total. The van der Waals surface area contributed by atoms with Gasteiger partial charge < -0.3 is 9.84 Å². The maximum Gasteiger partial charge on any atom is 0.330 e. The predicted octanol–water partition coefficient (Wildman–Crippen LogP) is -0.427. The van der Waals surface area contributed by atoms with Crippen molar-refractivity contribution in [3.63, 3.8) is 0 Å². The number of nitrogens with zero attached hydrogens (tertiary/aromatic N) is 2. The van der Waals surface area contributed by atoms with E-state index >= 15 is 0 Å². The topological polar surface area (TPSA) is 108 Å². The summed E-state index contributed by atoms with van der Waals surface area (Å²) in [6, 6.07) is 1.82. The number of aromatic amines is 1. The van der Waals surface area contributed by atoms with Crippen molar-refractivity contribution >= 4 is 0 Å². The van der Waals surface area contributed by atoms with Crippen LogP contribution in [0.2, 0.25) is 0 Å². The molecule has 7 heteroatoms. The normalized spacial score (nSPS) is 26.1. The first kappa shape index (κ1) is 13.3. The molecule has 2 rings (SSSR count). The summed E-state index contributed by atoms with van der Waals surface area (Å²) < 4.78 is 6.66. The van der Waals surface area contributed by atoms with E-state index in [1.165, 1.54) is 10.8 Å². The highest BCUT2D eigenvalue weighted by atomic mass is 16.5. The number of rotatable bonds is 2. The van der Waals surface area contributed by atoms with Crippen LogP contribution in [0, 0.1) is 18.3 Å². The third kappa shape index (κ3) is 2.36. The second-order valence-electron chi connectivity index (χ2n) is 4.43. The SMILES string of the molecule is C=C(C#N)[C@H]1O[C@@H](n2cc(C)c(=O)[nH]c2=O)C[C@@H]1O. The average molecular weight is 263 g/mol. The Morgan fingerprint density at radius 1 is 1.68 bits per heavy atom. The molecule has 0 saturated carbocycles. The summed E-state index contributed by atoms with van der Waals surface area (Å²) in [5.41, 5.74) is -0.613. The van der Waals surface area contributed by atoms with Crippen molar-refractivity contribution in [1.82, 2.24) is 9.55 Å². The van der Waals surface area contributed by atoms with E-state index in [1.807, 2.05) is 6.07 Å². The smallest absolute Gasteiger partial charge is 0.330 e. The Balaban J connectivity index is 2.34. The maximum atomic E-state index is 11.7. The molecule has 19 heavy (non-hydrogen) atoms. The first-order chi connectivity index (χ1) is 8.93. The molecule has 0 aliphatic carbocycles. The minimum Gasteiger partial charge on any atom is -0.390 e. The summed E-state index contributed by atoms with van der Waals surface area (Å²) >= 11 is 0. The minimum atomic E-state index is -0.906. The highest BCUT2D eigenvalue weighted by molar-refractivity contribution is 5.23. The van der Waals surface area contributed by atoms with Crippen molar-refractivity contribution < 1.29 is 9.84 Å². The van der Waals surface area contributed by atoms with Crippen molar-refractivity contribution in [3.8, 4) is 6.07 Å². The summed E-state index contributed by atoms with van der Waals surface area (Å²) in [5, 5.41) is 18.6. The van der Waals surface area contributed by atoms with Gasteiger partial charge in [-0.1, -0.05) is 6.58 Å². The summed E-state index contributed by atoms with van der Waals surface area (Å²) in [7, 11) is 0. The number of aliphatic hydroxyl groups is 1. The third-order valence-electron chi connectivity index (χ3n) is 3.04. The Bertz CT molecular complexity index is 667. The fraction of sp³-hybridized carbons (Fsp3) is 0.417. The average Bonchev–Trinajstić information content (AvgIpc) is 2.75. The molecule has 1 saturated heterocycles. The highest BCUT2D eigenvalue weighted by Gasteiger charge is 2.37. The Morgan fingerprint density at radius 3 is 3.00 bits per heavy atom. The second kappa shape index (κ2) is 4.84. The lowest BCUT2D eigenvalue weighted by molar-refractivity contribution is 0.00120. The number of hydrogen-bond donors (Lipinski definition) is 2. The minimum absolute atomic E-state index is 0.101. The van der Waals surface area contributed by atoms with Gasteiger partial charge in [0, 0.05) is 18.2 Å². The second-order valence-corrected chi connectivity index (χ2v) is 4.43. The van der Waals surface area contributed by atoms with E-state index in [0.29, 0.717) is 5.56 Å². The molecular weight excluding hydrogens is 250 g/mol. The molecule has 0 aromatic carbocycles. The zero-order valence-electron chi connectivity index (χ0n) is 10.3. The summed E-state index contributed by atoms with van der Waals surface area (Å²) in [6.45, 7) is 5.06. The van der Waals surface area contributed by atoms with Crippen LogP contribution in [0.25, 0.3) is 0 Å². The van der Waals surface area contributed by atoms with Crippen LogP contribution in [0.3, 0.4) is 0 Å². The van der Waals surface area contributed by atoms with Gasteiger partial charge in [0.1, 0.15) is 12.3 Å². The van der Waals surface area contributed by atoms with Crippen LogP contribution in [0.1, 0.15) is 18.2 Å². The molecule has 0 amide bonds. The molecule has 1 aromatic heterocycles. The quantitative estimate of drug-likeness (QED) is 0.704. The first-order valence-electron chi connectivity index (χ1n) is 5.68. The van der Waals surface area contributed by atoms with Crippen LogP contribution >= 0.6 is 0 Å². The maximum absolute atomic E-state index is 11.7. The van der Waals surface area contributed by atoms with Crippen molar-refractivity contribution in [2.24, 2.45) is 0 Å². The molecule has 3 atom stereocenters. The molecule has 2 N–H and O–H groups in total. The third-order valence-corrected chi connectivity index (χ3v) is 3.04. The van der Waals surface area contributed by atoms with Crippen LogP contribution in [-0.2, 0) is 4.74 Å². The van der Waals surface area contributed by atoms with Gasteiger partial charge in [-0.25, -0.2) is 4.79 Å². The highest BCUT2D eigenvalue weighted by Crippen LogP contribution is 2.30. The van der Waals surface area contributed by atoms with Crippen LogP contribution in [-0.4, -0.2) is 26.9 Å². The molecular formula is C12H13N3O4. The zero-order valence-corrected chi connectivity index (χ0v) is 10.3. The van der Waals surface area contributed by atoms with E-state index in [1.54, 1.807) is 6.92 Å². The van der Waals surface area contributed by atoms with Crippen molar-refractivity contribution in [3.05, 3.63) is 44.8 Å². The molecule has 0 spiro atoms. The molecule has 0 bridgehead atoms. The van der Waals surface area contributed by atoms with Crippen LogP contribution < -0.4 is 11.2 Å². The number of hydrogen-bond acceptors (Lipinski definition) is 5. The first-order valence-corrected chi connectivity index (χ1v) is 5.68. The Hall–Kier alpha value is -2.17. The molecule has 0 unspecified atom stereocenters. The zero-order chi connectivity index (χ0) is 14.2. The molecule has 0 radical (unpaired) electrons. The van der Waals surface area contributed by atoms with Crippen LogP contribution in [0.15, 0.2) is 27.9 Å². The Labute approximate surface area is 108 Å². The predicted molar refractivity (Wildman–Crippen MR) is 65.3 cm³/mol. The van der Waals surface area contributed by atoms with Crippen molar-refractivity contribution in [1.29, 1.82) is 5.26 Å². The number of aromatic nitrogens is 2. The van der Waals surface area contributed by atoms with Crippen LogP contribution in [0.5, 0.6) is 0 Å². The number of H-pyrrole nitrogens is 1. The van der Waals surface area contributed by atoms with Gasteiger partial charge in [0.15, 0.2) is 0 Å². The molecule has 1 aliphatic rings. The number of nitrogens with one attached hydrogen (secondary N) is 1. The fourth-order valence-electron chi connectivity index (χ4n) is 2.00. The lowest BCUT2D eigenvalue weighted by Crippen LogP contribution is -2.33. The molecule has 100 valence electrons. The van der Waals surface area contributed by atoms with Gasteiger partial charge >= 0.3 is 5.69 Å². The fourth-order valence-corrected chi connectivity index (χ4v) is 2.00. The van der Waals surface area contributed by atoms with E-state index in [0.717, 1.165) is 0 Å². The monoisotopic (exact) mass is 263 g/mol. The lowest BCUT2D eigenvalue weighted by Gasteiger charge is -2.15. The molecule has 1 fully saturated rings. The largest absolute Gasteiger partial charge is 0.390 e. The summed E-state index contributed by atoms with van der Waals surface area (Å²) in [4.78, 5) is 25.1.